The molecule has 0 bridgehead atoms. The lowest BCUT2D eigenvalue weighted by Crippen LogP contribution is -2.43. The van der Waals surface area contributed by atoms with Gasteiger partial charge in [-0.15, -0.1) is 0 Å². The first-order chi connectivity index (χ1) is 9.06. The average molecular weight is 302 g/mol. The van der Waals surface area contributed by atoms with E-state index in [1.165, 1.54) is 6.42 Å². The van der Waals surface area contributed by atoms with Gasteiger partial charge in [-0.2, -0.15) is 0 Å². The number of carbonyl (C=O) groups is 1. The molecule has 1 fully saturated rings. The van der Waals surface area contributed by atoms with Crippen LogP contribution in [-0.2, 0) is 4.79 Å². The fourth-order valence-corrected chi connectivity index (χ4v) is 2.73. The fourth-order valence-electron chi connectivity index (χ4n) is 2.22. The number of rotatable bonds is 3. The van der Waals surface area contributed by atoms with E-state index in [1.54, 1.807) is 25.1 Å². The van der Waals surface area contributed by atoms with Crippen LogP contribution >= 0.6 is 23.2 Å². The van der Waals surface area contributed by atoms with Crippen molar-refractivity contribution in [2.45, 2.75) is 32.3 Å². The molecule has 1 aliphatic heterocycles. The molecule has 19 heavy (non-hydrogen) atoms. The molecule has 104 valence electrons. The van der Waals surface area contributed by atoms with Gasteiger partial charge in [0.05, 0.1) is 0 Å². The second kappa shape index (κ2) is 6.49. The van der Waals surface area contributed by atoms with Crippen LogP contribution in [0.5, 0.6) is 5.75 Å². The molecule has 0 N–H and O–H groups in total. The number of piperidine rings is 1. The van der Waals surface area contributed by atoms with Crippen LogP contribution in [0.3, 0.4) is 0 Å². The highest BCUT2D eigenvalue weighted by molar-refractivity contribution is 6.34. The Labute approximate surface area is 123 Å². The van der Waals surface area contributed by atoms with Crippen LogP contribution in [0, 0.1) is 0 Å². The molecule has 1 amide bonds. The fraction of sp³-hybridized carbons (Fsp3) is 0.500. The van der Waals surface area contributed by atoms with Crippen LogP contribution in [0.1, 0.15) is 26.2 Å². The van der Waals surface area contributed by atoms with Gasteiger partial charge >= 0.3 is 0 Å². The molecule has 1 atom stereocenters. The SMILES string of the molecule is CC(Oc1cc(Cl)cc(Cl)c1)C(=O)N1CCCCC1. The van der Waals surface area contributed by atoms with Gasteiger partial charge in [0, 0.05) is 23.1 Å². The van der Waals surface area contributed by atoms with Gasteiger partial charge in [-0.3, -0.25) is 4.79 Å². The molecule has 3 nitrogen and oxygen atoms in total. The Morgan fingerprint density at radius 3 is 2.32 bits per heavy atom. The van der Waals surface area contributed by atoms with Crippen molar-refractivity contribution in [2.24, 2.45) is 0 Å². The maximum Gasteiger partial charge on any atom is 0.263 e. The summed E-state index contributed by atoms with van der Waals surface area (Å²) in [7, 11) is 0. The Bertz CT molecular complexity index is 439. The van der Waals surface area contributed by atoms with E-state index in [1.807, 2.05) is 4.90 Å². The lowest BCUT2D eigenvalue weighted by atomic mass is 10.1. The Kier molecular flexibility index (Phi) is 4.94. The van der Waals surface area contributed by atoms with Crippen molar-refractivity contribution in [3.63, 3.8) is 0 Å². The third-order valence-electron chi connectivity index (χ3n) is 3.16. The van der Waals surface area contributed by atoms with Gasteiger partial charge in [0.2, 0.25) is 0 Å². The minimum atomic E-state index is -0.521. The second-order valence-corrected chi connectivity index (χ2v) is 5.62. The van der Waals surface area contributed by atoms with E-state index in [9.17, 15) is 4.79 Å². The quantitative estimate of drug-likeness (QED) is 0.850. The number of hydrogen-bond acceptors (Lipinski definition) is 2. The molecule has 0 aromatic heterocycles. The van der Waals surface area contributed by atoms with Gasteiger partial charge in [0.1, 0.15) is 5.75 Å². The van der Waals surface area contributed by atoms with Gasteiger partial charge in [-0.05, 0) is 44.4 Å². The van der Waals surface area contributed by atoms with Crippen molar-refractivity contribution < 1.29 is 9.53 Å². The molecule has 0 spiro atoms. The maximum atomic E-state index is 12.2. The van der Waals surface area contributed by atoms with Gasteiger partial charge in [-0.25, -0.2) is 0 Å². The van der Waals surface area contributed by atoms with Gasteiger partial charge in [0.25, 0.3) is 5.91 Å². The molecule has 0 radical (unpaired) electrons. The van der Waals surface area contributed by atoms with Crippen LogP contribution in [-0.4, -0.2) is 30.0 Å². The Morgan fingerprint density at radius 2 is 1.74 bits per heavy atom. The monoisotopic (exact) mass is 301 g/mol. The summed E-state index contributed by atoms with van der Waals surface area (Å²) in [5.74, 6) is 0.547. The summed E-state index contributed by atoms with van der Waals surface area (Å²) in [6, 6.07) is 4.95. The first-order valence-electron chi connectivity index (χ1n) is 6.48. The van der Waals surface area contributed by atoms with E-state index >= 15 is 0 Å². The highest BCUT2D eigenvalue weighted by Crippen LogP contribution is 2.25. The van der Waals surface area contributed by atoms with Crippen LogP contribution in [0.25, 0.3) is 0 Å². The van der Waals surface area contributed by atoms with E-state index < -0.39 is 6.10 Å². The zero-order chi connectivity index (χ0) is 13.8. The van der Waals surface area contributed by atoms with E-state index in [4.69, 9.17) is 27.9 Å². The normalized spacial score (nSPS) is 17.1. The first-order valence-corrected chi connectivity index (χ1v) is 7.23. The van der Waals surface area contributed by atoms with Gasteiger partial charge in [-0.1, -0.05) is 23.2 Å². The molecule has 0 aliphatic carbocycles. The summed E-state index contributed by atoms with van der Waals surface area (Å²) < 4.78 is 5.63. The van der Waals surface area contributed by atoms with Crippen molar-refractivity contribution in [3.05, 3.63) is 28.2 Å². The van der Waals surface area contributed by atoms with Crippen LogP contribution in [0.15, 0.2) is 18.2 Å². The standard InChI is InChI=1S/C14H17Cl2NO2/c1-10(14(18)17-5-3-2-4-6-17)19-13-8-11(15)7-12(16)9-13/h7-10H,2-6H2,1H3. The average Bonchev–Trinajstić information content (AvgIpc) is 2.37. The molecule has 1 heterocycles. The minimum absolute atomic E-state index is 0.0239. The molecule has 1 aliphatic rings. The van der Waals surface area contributed by atoms with Crippen LogP contribution in [0.2, 0.25) is 10.0 Å². The highest BCUT2D eigenvalue weighted by atomic mass is 35.5. The number of amides is 1. The number of nitrogens with zero attached hydrogens (tertiary/aromatic N) is 1. The molecule has 1 aromatic carbocycles. The van der Waals surface area contributed by atoms with Crippen molar-refractivity contribution in [3.8, 4) is 5.75 Å². The summed E-state index contributed by atoms with van der Waals surface area (Å²) in [4.78, 5) is 14.1. The number of hydrogen-bond donors (Lipinski definition) is 0. The molecule has 1 aromatic rings. The minimum Gasteiger partial charge on any atom is -0.481 e. The van der Waals surface area contributed by atoms with E-state index in [0.29, 0.717) is 15.8 Å². The highest BCUT2D eigenvalue weighted by Gasteiger charge is 2.23. The molecule has 0 saturated carbocycles. The molecule has 5 heteroatoms. The molecule has 2 rings (SSSR count). The molecule has 1 saturated heterocycles. The summed E-state index contributed by atoms with van der Waals surface area (Å²) in [5.41, 5.74) is 0. The van der Waals surface area contributed by atoms with E-state index in [2.05, 4.69) is 0 Å². The van der Waals surface area contributed by atoms with E-state index in [0.717, 1.165) is 25.9 Å². The van der Waals surface area contributed by atoms with Crippen LogP contribution in [0.4, 0.5) is 0 Å². The van der Waals surface area contributed by atoms with Crippen molar-refractivity contribution in [1.82, 2.24) is 4.90 Å². The number of likely N-dealkylation sites (tertiary alicyclic amines) is 1. The zero-order valence-electron chi connectivity index (χ0n) is 10.9. The topological polar surface area (TPSA) is 29.5 Å². The summed E-state index contributed by atoms with van der Waals surface area (Å²) in [6.07, 6.45) is 2.82. The van der Waals surface area contributed by atoms with Gasteiger partial charge < -0.3 is 9.64 Å². The van der Waals surface area contributed by atoms with Crippen LogP contribution < -0.4 is 4.74 Å². The summed E-state index contributed by atoms with van der Waals surface area (Å²) >= 11 is 11.8. The number of benzene rings is 1. The number of halogens is 2. The Balaban J connectivity index is 1.99. The summed E-state index contributed by atoms with van der Waals surface area (Å²) in [5, 5.41) is 1.00. The third-order valence-corrected chi connectivity index (χ3v) is 3.60. The smallest absolute Gasteiger partial charge is 0.263 e. The first kappa shape index (κ1) is 14.5. The zero-order valence-corrected chi connectivity index (χ0v) is 12.4. The predicted molar refractivity (Wildman–Crippen MR) is 77.0 cm³/mol. The van der Waals surface area contributed by atoms with E-state index in [-0.39, 0.29) is 5.91 Å². The number of carbonyl (C=O) groups excluding carboxylic acids is 1. The van der Waals surface area contributed by atoms with Crippen molar-refractivity contribution in [2.75, 3.05) is 13.1 Å². The third kappa shape index (κ3) is 4.02. The Hall–Kier alpha value is -0.930. The molecular weight excluding hydrogens is 285 g/mol. The predicted octanol–water partition coefficient (Wildman–Crippen LogP) is 3.77. The molecular formula is C14H17Cl2NO2. The molecule has 1 unspecified atom stereocenters. The largest absolute Gasteiger partial charge is 0.481 e. The van der Waals surface area contributed by atoms with Gasteiger partial charge in [0.15, 0.2) is 6.10 Å². The second-order valence-electron chi connectivity index (χ2n) is 4.75. The van der Waals surface area contributed by atoms with Crippen molar-refractivity contribution in [1.29, 1.82) is 0 Å². The lowest BCUT2D eigenvalue weighted by Gasteiger charge is -2.29. The van der Waals surface area contributed by atoms with Crippen molar-refractivity contribution >= 4 is 29.1 Å². The number of ether oxygens (including phenoxy) is 1. The lowest BCUT2D eigenvalue weighted by molar-refractivity contribution is -0.138. The summed E-state index contributed by atoms with van der Waals surface area (Å²) in [6.45, 7) is 3.40. The Morgan fingerprint density at radius 1 is 1.16 bits per heavy atom. The maximum absolute atomic E-state index is 12.2.